The quantitative estimate of drug-likeness (QED) is 0.427. The summed E-state index contributed by atoms with van der Waals surface area (Å²) in [4.78, 5) is 1.89. The standard InChI is InChI=1S/C7H11NS2.H2S/c1-3-5-8(6-4-2)7(9)10;/h3-4H,1-2,5-6H2,(H,9,10);1H2. The Labute approximate surface area is 86.0 Å². The molecule has 0 fully saturated rings. The molecule has 0 spiro atoms. The number of rotatable bonds is 4. The lowest BCUT2D eigenvalue weighted by Gasteiger charge is -2.17. The topological polar surface area (TPSA) is 3.24 Å². The van der Waals surface area contributed by atoms with Gasteiger partial charge in [-0.05, 0) is 0 Å². The third-order valence-electron chi connectivity index (χ3n) is 0.969. The largest absolute Gasteiger partial charge is 0.350 e. The molecule has 0 rings (SSSR count). The first-order valence-electron chi connectivity index (χ1n) is 2.92. The third kappa shape index (κ3) is 6.47. The van der Waals surface area contributed by atoms with E-state index in [4.69, 9.17) is 12.2 Å². The molecule has 0 atom stereocenters. The highest BCUT2D eigenvalue weighted by molar-refractivity contribution is 8.10. The molecule has 0 saturated carbocycles. The van der Waals surface area contributed by atoms with E-state index in [0.29, 0.717) is 4.32 Å². The molecular formula is C7H13NS3. The van der Waals surface area contributed by atoms with Crippen LogP contribution in [0.4, 0.5) is 0 Å². The van der Waals surface area contributed by atoms with Crippen molar-refractivity contribution in [2.24, 2.45) is 0 Å². The van der Waals surface area contributed by atoms with Gasteiger partial charge in [-0.1, -0.05) is 24.4 Å². The lowest BCUT2D eigenvalue weighted by Crippen LogP contribution is -2.25. The summed E-state index contributed by atoms with van der Waals surface area (Å²) in [5.74, 6) is 0. The van der Waals surface area contributed by atoms with Crippen LogP contribution in [-0.4, -0.2) is 22.3 Å². The maximum Gasteiger partial charge on any atom is 0.133 e. The average Bonchev–Trinajstić information content (AvgIpc) is 1.87. The molecule has 0 aliphatic heterocycles. The second kappa shape index (κ2) is 8.17. The third-order valence-corrected chi connectivity index (χ3v) is 1.51. The van der Waals surface area contributed by atoms with Gasteiger partial charge in [-0.3, -0.25) is 0 Å². The molecule has 64 valence electrons. The molecule has 0 aromatic rings. The maximum absolute atomic E-state index is 4.84. The van der Waals surface area contributed by atoms with Gasteiger partial charge in [-0.25, -0.2) is 0 Å². The van der Waals surface area contributed by atoms with E-state index in [1.54, 1.807) is 12.2 Å². The number of hydrogen-bond donors (Lipinski definition) is 1. The molecule has 0 aromatic carbocycles. The van der Waals surface area contributed by atoms with Gasteiger partial charge in [0.15, 0.2) is 0 Å². The molecule has 0 aromatic heterocycles. The molecule has 1 nitrogen and oxygen atoms in total. The van der Waals surface area contributed by atoms with Crippen molar-refractivity contribution in [1.82, 2.24) is 4.90 Å². The number of thiocarbonyl (C=S) groups is 1. The van der Waals surface area contributed by atoms with Crippen molar-refractivity contribution in [1.29, 1.82) is 0 Å². The fourth-order valence-corrected chi connectivity index (χ4v) is 0.855. The van der Waals surface area contributed by atoms with Gasteiger partial charge >= 0.3 is 0 Å². The van der Waals surface area contributed by atoms with Crippen molar-refractivity contribution in [3.8, 4) is 0 Å². The Balaban J connectivity index is 0. The smallest absolute Gasteiger partial charge is 0.133 e. The Kier molecular flexibility index (Phi) is 10.1. The molecule has 4 heteroatoms. The van der Waals surface area contributed by atoms with Gasteiger partial charge in [-0.15, -0.1) is 25.8 Å². The summed E-state index contributed by atoms with van der Waals surface area (Å²) in [5.41, 5.74) is 0. The van der Waals surface area contributed by atoms with Crippen molar-refractivity contribution in [2.75, 3.05) is 13.1 Å². The first-order chi connectivity index (χ1) is 4.72. The fourth-order valence-electron chi connectivity index (χ4n) is 0.542. The summed E-state index contributed by atoms with van der Waals surface area (Å²) in [6.07, 6.45) is 3.57. The predicted octanol–water partition coefficient (Wildman–Crippen LogP) is 1.99. The van der Waals surface area contributed by atoms with Gasteiger partial charge < -0.3 is 4.90 Å². The van der Waals surface area contributed by atoms with Gasteiger partial charge in [0.2, 0.25) is 0 Å². The fraction of sp³-hybridized carbons (Fsp3) is 0.286. The van der Waals surface area contributed by atoms with E-state index < -0.39 is 0 Å². The molecule has 0 N–H and O–H groups in total. The molecule has 0 unspecified atom stereocenters. The van der Waals surface area contributed by atoms with Crippen LogP contribution in [0.25, 0.3) is 0 Å². The second-order valence-corrected chi connectivity index (χ2v) is 2.88. The van der Waals surface area contributed by atoms with Crippen molar-refractivity contribution in [2.45, 2.75) is 0 Å². The van der Waals surface area contributed by atoms with Crippen LogP contribution in [0.5, 0.6) is 0 Å². The predicted molar refractivity (Wildman–Crippen MR) is 63.9 cm³/mol. The highest BCUT2D eigenvalue weighted by Crippen LogP contribution is 1.95. The molecule has 0 radical (unpaired) electrons. The van der Waals surface area contributed by atoms with Crippen LogP contribution in [0.3, 0.4) is 0 Å². The highest BCUT2D eigenvalue weighted by atomic mass is 32.1. The molecule has 11 heavy (non-hydrogen) atoms. The summed E-state index contributed by atoms with van der Waals surface area (Å²) in [6, 6.07) is 0. The Morgan fingerprint density at radius 3 is 1.91 bits per heavy atom. The van der Waals surface area contributed by atoms with Crippen LogP contribution in [0.1, 0.15) is 0 Å². The van der Waals surface area contributed by atoms with Crippen molar-refractivity contribution >= 4 is 42.7 Å². The van der Waals surface area contributed by atoms with Gasteiger partial charge in [-0.2, -0.15) is 13.5 Å². The normalized spacial score (nSPS) is 7.73. The van der Waals surface area contributed by atoms with Gasteiger partial charge in [0.05, 0.1) is 0 Å². The van der Waals surface area contributed by atoms with Crippen LogP contribution in [0.15, 0.2) is 25.3 Å². The van der Waals surface area contributed by atoms with Crippen LogP contribution >= 0.6 is 38.3 Å². The summed E-state index contributed by atoms with van der Waals surface area (Å²) in [6.45, 7) is 8.65. The zero-order chi connectivity index (χ0) is 7.98. The minimum atomic E-state index is 0. The van der Waals surface area contributed by atoms with Crippen molar-refractivity contribution < 1.29 is 0 Å². The Bertz CT molecular complexity index is 135. The average molecular weight is 207 g/mol. The zero-order valence-corrected chi connectivity index (χ0v) is 9.00. The van der Waals surface area contributed by atoms with E-state index in [1.165, 1.54) is 0 Å². The van der Waals surface area contributed by atoms with E-state index in [0.717, 1.165) is 13.1 Å². The second-order valence-electron chi connectivity index (χ2n) is 1.76. The van der Waals surface area contributed by atoms with Crippen LogP contribution in [0.2, 0.25) is 0 Å². The summed E-state index contributed by atoms with van der Waals surface area (Å²) >= 11 is 8.87. The SMILES string of the molecule is C=CCN(CC=C)C(=S)S.S. The van der Waals surface area contributed by atoms with Crippen molar-refractivity contribution in [3.05, 3.63) is 25.3 Å². The van der Waals surface area contributed by atoms with Gasteiger partial charge in [0, 0.05) is 13.1 Å². The summed E-state index contributed by atoms with van der Waals surface area (Å²) in [7, 11) is 0. The van der Waals surface area contributed by atoms with E-state index in [2.05, 4.69) is 25.8 Å². The monoisotopic (exact) mass is 207 g/mol. The van der Waals surface area contributed by atoms with E-state index in [1.807, 2.05) is 4.90 Å². The molecule has 0 heterocycles. The van der Waals surface area contributed by atoms with E-state index in [9.17, 15) is 0 Å². The van der Waals surface area contributed by atoms with Crippen LogP contribution < -0.4 is 0 Å². The first-order valence-corrected chi connectivity index (χ1v) is 3.77. The number of thiol groups is 1. The maximum atomic E-state index is 4.84. The minimum absolute atomic E-state index is 0. The Morgan fingerprint density at radius 1 is 1.36 bits per heavy atom. The minimum Gasteiger partial charge on any atom is -0.350 e. The highest BCUT2D eigenvalue weighted by Gasteiger charge is 1.98. The lowest BCUT2D eigenvalue weighted by atomic mass is 10.5. The van der Waals surface area contributed by atoms with E-state index in [-0.39, 0.29) is 13.5 Å². The molecule has 0 aliphatic rings. The zero-order valence-electron chi connectivity index (χ0n) is 6.29. The first kappa shape index (κ1) is 13.6. The lowest BCUT2D eigenvalue weighted by molar-refractivity contribution is 0.533. The molecule has 0 saturated heterocycles. The van der Waals surface area contributed by atoms with Gasteiger partial charge in [0.25, 0.3) is 0 Å². The number of nitrogens with zero attached hydrogens (tertiary/aromatic N) is 1. The van der Waals surface area contributed by atoms with Crippen LogP contribution in [0, 0.1) is 0 Å². The molecule has 0 aliphatic carbocycles. The molecule has 0 amide bonds. The summed E-state index contributed by atoms with van der Waals surface area (Å²) in [5, 5.41) is 0. The molecule has 0 bridgehead atoms. The molecular weight excluding hydrogens is 194 g/mol. The van der Waals surface area contributed by atoms with Crippen molar-refractivity contribution in [3.63, 3.8) is 0 Å². The van der Waals surface area contributed by atoms with Crippen LogP contribution in [-0.2, 0) is 0 Å². The Hall–Kier alpha value is 0.0700. The Morgan fingerprint density at radius 2 is 1.73 bits per heavy atom. The summed E-state index contributed by atoms with van der Waals surface area (Å²) < 4.78 is 0.583. The number of hydrogen-bond acceptors (Lipinski definition) is 1. The van der Waals surface area contributed by atoms with Gasteiger partial charge in [0.1, 0.15) is 4.32 Å². The van der Waals surface area contributed by atoms with E-state index >= 15 is 0 Å².